The summed E-state index contributed by atoms with van der Waals surface area (Å²) in [5.41, 5.74) is 2.16. The summed E-state index contributed by atoms with van der Waals surface area (Å²) in [6.45, 7) is 0. The Bertz CT molecular complexity index is 857. The maximum atomic E-state index is 10.8. The molecular weight excluding hydrogens is 282 g/mol. The van der Waals surface area contributed by atoms with Crippen LogP contribution in [0.2, 0.25) is 0 Å². The first-order valence-electron chi connectivity index (χ1n) is 5.63. The van der Waals surface area contributed by atoms with Crippen LogP contribution < -0.4 is 4.57 Å². The minimum Gasteiger partial charge on any atom is -0.281 e. The summed E-state index contributed by atoms with van der Waals surface area (Å²) in [5, 5.41) is 11.9. The molecular formula is C11H10N5O3S+. The monoisotopic (exact) mass is 292 g/mol. The number of pyridine rings is 1. The molecule has 3 rings (SSSR count). The molecule has 0 aliphatic carbocycles. The normalized spacial score (nSPS) is 11.8. The number of aromatic nitrogens is 5. The number of hydrogen-bond acceptors (Lipinski definition) is 5. The van der Waals surface area contributed by atoms with E-state index in [1.165, 1.54) is 10.9 Å². The minimum atomic E-state index is -4.05. The van der Waals surface area contributed by atoms with Gasteiger partial charge in [-0.25, -0.2) is 0 Å². The lowest BCUT2D eigenvalue weighted by atomic mass is 10.2. The highest BCUT2D eigenvalue weighted by molar-refractivity contribution is 7.84. The van der Waals surface area contributed by atoms with E-state index in [0.717, 1.165) is 5.56 Å². The summed E-state index contributed by atoms with van der Waals surface area (Å²) in [6, 6.07) is 7.01. The summed E-state index contributed by atoms with van der Waals surface area (Å²) >= 11 is 0. The quantitative estimate of drug-likeness (QED) is 0.535. The maximum Gasteiger partial charge on any atom is 0.326 e. The molecule has 0 aliphatic heterocycles. The van der Waals surface area contributed by atoms with Gasteiger partial charge in [-0.1, -0.05) is 0 Å². The van der Waals surface area contributed by atoms with Gasteiger partial charge in [0.05, 0.1) is 5.69 Å². The lowest BCUT2D eigenvalue weighted by Gasteiger charge is -2.00. The van der Waals surface area contributed by atoms with Crippen molar-refractivity contribution < 1.29 is 17.5 Å². The Balaban J connectivity index is 1.94. The van der Waals surface area contributed by atoms with Crippen molar-refractivity contribution in [2.75, 3.05) is 0 Å². The van der Waals surface area contributed by atoms with Crippen molar-refractivity contribution in [3.05, 3.63) is 43.0 Å². The third-order valence-electron chi connectivity index (χ3n) is 2.66. The first-order valence-corrected chi connectivity index (χ1v) is 7.24. The van der Waals surface area contributed by atoms with Crippen LogP contribution in [0.5, 0.6) is 0 Å². The molecule has 9 heteroatoms. The second kappa shape index (κ2) is 4.62. The van der Waals surface area contributed by atoms with E-state index in [1.807, 2.05) is 0 Å². The Morgan fingerprint density at radius 1 is 1.20 bits per heavy atom. The second-order valence-electron chi connectivity index (χ2n) is 4.16. The van der Waals surface area contributed by atoms with Crippen molar-refractivity contribution in [2.24, 2.45) is 0 Å². The highest BCUT2D eigenvalue weighted by atomic mass is 32.2. The van der Waals surface area contributed by atoms with Crippen molar-refractivity contribution in [1.29, 1.82) is 0 Å². The van der Waals surface area contributed by atoms with Crippen LogP contribution in [-0.4, -0.2) is 32.8 Å². The molecule has 3 aromatic heterocycles. The molecule has 0 aliphatic rings. The third kappa shape index (κ3) is 2.63. The predicted octanol–water partition coefficient (Wildman–Crippen LogP) is -0.0759. The van der Waals surface area contributed by atoms with Gasteiger partial charge >= 0.3 is 10.1 Å². The second-order valence-corrected chi connectivity index (χ2v) is 5.59. The molecule has 3 aromatic rings. The van der Waals surface area contributed by atoms with Crippen molar-refractivity contribution >= 4 is 15.8 Å². The van der Waals surface area contributed by atoms with Crippen molar-refractivity contribution in [2.45, 2.75) is 5.88 Å². The molecule has 0 bridgehead atoms. The number of fused-ring (bicyclic) bond motifs is 1. The number of rotatable bonds is 3. The molecule has 0 aromatic carbocycles. The Kier molecular flexibility index (Phi) is 2.92. The molecule has 0 saturated heterocycles. The first kappa shape index (κ1) is 12.6. The van der Waals surface area contributed by atoms with E-state index in [-0.39, 0.29) is 0 Å². The zero-order valence-corrected chi connectivity index (χ0v) is 11.0. The van der Waals surface area contributed by atoms with Gasteiger partial charge in [0.15, 0.2) is 18.0 Å². The van der Waals surface area contributed by atoms with Gasteiger partial charge in [-0.15, -0.1) is 10.2 Å². The van der Waals surface area contributed by atoms with E-state index in [0.29, 0.717) is 11.3 Å². The van der Waals surface area contributed by atoms with E-state index < -0.39 is 16.0 Å². The summed E-state index contributed by atoms with van der Waals surface area (Å²) in [5.74, 6) is -0.481. The largest absolute Gasteiger partial charge is 0.326 e. The minimum absolute atomic E-state index is 0.481. The van der Waals surface area contributed by atoms with Gasteiger partial charge in [-0.2, -0.15) is 22.6 Å². The van der Waals surface area contributed by atoms with E-state index in [1.54, 1.807) is 41.2 Å². The van der Waals surface area contributed by atoms with Crippen LogP contribution in [0.4, 0.5) is 0 Å². The molecule has 3 heterocycles. The van der Waals surface area contributed by atoms with E-state index in [4.69, 9.17) is 4.55 Å². The fourth-order valence-corrected chi connectivity index (χ4v) is 2.33. The Morgan fingerprint density at radius 2 is 1.95 bits per heavy atom. The molecule has 0 saturated carbocycles. The summed E-state index contributed by atoms with van der Waals surface area (Å²) in [7, 11) is -4.05. The van der Waals surface area contributed by atoms with E-state index in [2.05, 4.69) is 15.3 Å². The maximum absolute atomic E-state index is 10.8. The SMILES string of the molecule is O=S(=O)(O)C[n+]1ccc(-c2ccc3nncn3n2)cc1. The Hall–Kier alpha value is -2.39. The summed E-state index contributed by atoms with van der Waals surface area (Å²) in [4.78, 5) is 0. The van der Waals surface area contributed by atoms with Crippen LogP contribution in [0, 0.1) is 0 Å². The van der Waals surface area contributed by atoms with Gasteiger partial charge in [-0.05, 0) is 12.1 Å². The highest BCUT2D eigenvalue weighted by Crippen LogP contribution is 2.14. The molecule has 0 fully saturated rings. The van der Waals surface area contributed by atoms with Crippen LogP contribution >= 0.6 is 0 Å². The van der Waals surface area contributed by atoms with Crippen molar-refractivity contribution in [3.8, 4) is 11.3 Å². The topological polar surface area (TPSA) is 101 Å². The standard InChI is InChI=1S/C11H9N5O3S/c17-20(18,19)8-15-5-3-9(4-6-15)10-1-2-11-13-12-7-16(11)14-10/h1-7H,8H2/p+1. The number of nitrogens with zero attached hydrogens (tertiary/aromatic N) is 5. The molecule has 0 spiro atoms. The average Bonchev–Trinajstić information content (AvgIpc) is 2.85. The molecule has 8 nitrogen and oxygen atoms in total. The van der Waals surface area contributed by atoms with Crippen molar-refractivity contribution in [1.82, 2.24) is 19.8 Å². The Morgan fingerprint density at radius 3 is 2.65 bits per heavy atom. The fourth-order valence-electron chi connectivity index (χ4n) is 1.78. The van der Waals surface area contributed by atoms with Gasteiger partial charge in [0.25, 0.3) is 5.88 Å². The molecule has 0 unspecified atom stereocenters. The summed E-state index contributed by atoms with van der Waals surface area (Å²) < 4.78 is 33.2. The lowest BCUT2D eigenvalue weighted by Crippen LogP contribution is -2.36. The molecule has 0 amide bonds. The van der Waals surface area contributed by atoms with Gasteiger partial charge in [-0.3, -0.25) is 4.55 Å². The van der Waals surface area contributed by atoms with Crippen LogP contribution in [0.25, 0.3) is 16.9 Å². The third-order valence-corrected chi connectivity index (χ3v) is 3.29. The molecule has 102 valence electrons. The van der Waals surface area contributed by atoms with Crippen LogP contribution in [0.3, 0.4) is 0 Å². The molecule has 0 atom stereocenters. The number of hydrogen-bond donors (Lipinski definition) is 1. The highest BCUT2D eigenvalue weighted by Gasteiger charge is 2.13. The van der Waals surface area contributed by atoms with Crippen LogP contribution in [-0.2, 0) is 16.0 Å². The molecule has 0 radical (unpaired) electrons. The zero-order chi connectivity index (χ0) is 14.2. The Labute approximate surface area is 114 Å². The van der Waals surface area contributed by atoms with Gasteiger partial charge < -0.3 is 0 Å². The average molecular weight is 292 g/mol. The molecule has 1 N–H and O–H groups in total. The van der Waals surface area contributed by atoms with Gasteiger partial charge in [0, 0.05) is 17.7 Å². The molecule has 20 heavy (non-hydrogen) atoms. The first-order chi connectivity index (χ1) is 9.51. The predicted molar refractivity (Wildman–Crippen MR) is 68.0 cm³/mol. The summed E-state index contributed by atoms with van der Waals surface area (Å²) in [6.07, 6.45) is 4.61. The van der Waals surface area contributed by atoms with Gasteiger partial charge in [0.1, 0.15) is 6.33 Å². The van der Waals surface area contributed by atoms with E-state index >= 15 is 0 Å². The van der Waals surface area contributed by atoms with Gasteiger partial charge in [0.2, 0.25) is 0 Å². The van der Waals surface area contributed by atoms with Crippen molar-refractivity contribution in [3.63, 3.8) is 0 Å². The van der Waals surface area contributed by atoms with E-state index in [9.17, 15) is 8.42 Å². The fraction of sp³-hybridized carbons (Fsp3) is 0.0909. The lowest BCUT2D eigenvalue weighted by molar-refractivity contribution is -0.678. The zero-order valence-electron chi connectivity index (χ0n) is 10.2. The van der Waals surface area contributed by atoms with Crippen LogP contribution in [0.15, 0.2) is 43.0 Å². The smallest absolute Gasteiger partial charge is 0.281 e. The van der Waals surface area contributed by atoms with Crippen LogP contribution in [0.1, 0.15) is 0 Å².